The highest BCUT2D eigenvalue weighted by Crippen LogP contribution is 2.28. The Bertz CT molecular complexity index is 1120. The van der Waals surface area contributed by atoms with Gasteiger partial charge >= 0.3 is 0 Å². The Morgan fingerprint density at radius 2 is 1.82 bits per heavy atom. The molecule has 0 bridgehead atoms. The van der Waals surface area contributed by atoms with Crippen molar-refractivity contribution in [1.29, 1.82) is 0 Å². The SMILES string of the molecule is O=C(CNc1nc2ccccc2s1)Nc1nnc(-c2ccc([N+](=O)[O-])cc2)s1. The number of hydrogen-bond acceptors (Lipinski definition) is 9. The number of carbonyl (C=O) groups is 1. The number of nitro groups is 1. The summed E-state index contributed by atoms with van der Waals surface area (Å²) < 4.78 is 1.04. The first-order valence-corrected chi connectivity index (χ1v) is 9.69. The molecule has 0 radical (unpaired) electrons. The zero-order valence-corrected chi connectivity index (χ0v) is 15.8. The van der Waals surface area contributed by atoms with Crippen LogP contribution >= 0.6 is 22.7 Å². The van der Waals surface area contributed by atoms with Gasteiger partial charge in [0.15, 0.2) is 5.13 Å². The summed E-state index contributed by atoms with van der Waals surface area (Å²) in [6, 6.07) is 13.7. The molecule has 4 aromatic rings. The first-order valence-electron chi connectivity index (χ1n) is 8.06. The third-order valence-electron chi connectivity index (χ3n) is 3.69. The molecule has 2 aromatic heterocycles. The van der Waals surface area contributed by atoms with Crippen molar-refractivity contribution in [2.24, 2.45) is 0 Å². The van der Waals surface area contributed by atoms with Gasteiger partial charge in [0.2, 0.25) is 11.0 Å². The standard InChI is InChI=1S/C17H12N6O3S2/c24-14(9-18-16-19-12-3-1-2-4-13(12)27-16)20-17-22-21-15(28-17)10-5-7-11(8-6-10)23(25)26/h1-8H,9H2,(H,18,19)(H,20,22,24). The van der Waals surface area contributed by atoms with Crippen molar-refractivity contribution in [2.45, 2.75) is 0 Å². The number of nitrogens with zero attached hydrogens (tertiary/aromatic N) is 4. The topological polar surface area (TPSA) is 123 Å². The molecule has 0 aliphatic rings. The molecular weight excluding hydrogens is 400 g/mol. The molecule has 0 saturated carbocycles. The van der Waals surface area contributed by atoms with E-state index in [2.05, 4.69) is 25.8 Å². The van der Waals surface area contributed by atoms with E-state index in [1.54, 1.807) is 12.1 Å². The number of rotatable bonds is 6. The number of thiazole rings is 1. The Hall–Kier alpha value is -3.44. The summed E-state index contributed by atoms with van der Waals surface area (Å²) in [6.45, 7) is 0.0479. The van der Waals surface area contributed by atoms with Crippen LogP contribution in [0.25, 0.3) is 20.8 Å². The molecule has 0 unspecified atom stereocenters. The highest BCUT2D eigenvalue weighted by atomic mass is 32.1. The first kappa shape index (κ1) is 17.9. The lowest BCUT2D eigenvalue weighted by Crippen LogP contribution is -2.21. The van der Waals surface area contributed by atoms with E-state index in [-0.39, 0.29) is 18.1 Å². The van der Waals surface area contributed by atoms with Crippen LogP contribution in [0.1, 0.15) is 0 Å². The van der Waals surface area contributed by atoms with Crippen LogP contribution in [0.15, 0.2) is 48.5 Å². The lowest BCUT2D eigenvalue weighted by molar-refractivity contribution is -0.384. The van der Waals surface area contributed by atoms with Crippen LogP contribution in [0.2, 0.25) is 0 Å². The number of non-ortho nitro benzene ring substituents is 1. The molecule has 28 heavy (non-hydrogen) atoms. The summed E-state index contributed by atoms with van der Waals surface area (Å²) in [6.07, 6.45) is 0. The number of benzene rings is 2. The van der Waals surface area contributed by atoms with E-state index in [9.17, 15) is 14.9 Å². The second kappa shape index (κ2) is 7.66. The van der Waals surface area contributed by atoms with Crippen LogP contribution in [-0.2, 0) is 4.79 Å². The summed E-state index contributed by atoms with van der Waals surface area (Å²) >= 11 is 2.66. The predicted octanol–water partition coefficient (Wildman–Crippen LogP) is 3.77. The van der Waals surface area contributed by atoms with E-state index >= 15 is 0 Å². The van der Waals surface area contributed by atoms with Gasteiger partial charge in [-0.25, -0.2) is 4.98 Å². The Morgan fingerprint density at radius 1 is 1.04 bits per heavy atom. The highest BCUT2D eigenvalue weighted by Gasteiger charge is 2.12. The van der Waals surface area contributed by atoms with Gasteiger partial charge in [-0.2, -0.15) is 0 Å². The number of nitro benzene ring substituents is 1. The molecular formula is C17H12N6O3S2. The van der Waals surface area contributed by atoms with Crippen molar-refractivity contribution < 1.29 is 9.72 Å². The minimum Gasteiger partial charge on any atom is -0.352 e. The number of para-hydroxylation sites is 1. The molecule has 140 valence electrons. The van der Waals surface area contributed by atoms with Gasteiger partial charge < -0.3 is 5.32 Å². The largest absolute Gasteiger partial charge is 0.352 e. The minimum absolute atomic E-state index is 0.00251. The molecule has 0 fully saturated rings. The molecule has 1 amide bonds. The average molecular weight is 412 g/mol. The van der Waals surface area contributed by atoms with Crippen LogP contribution < -0.4 is 10.6 Å². The second-order valence-corrected chi connectivity index (χ2v) is 7.61. The molecule has 0 aliphatic heterocycles. The number of aromatic nitrogens is 3. The summed E-state index contributed by atoms with van der Waals surface area (Å²) in [5, 5.41) is 25.9. The maximum Gasteiger partial charge on any atom is 0.269 e. The zero-order chi connectivity index (χ0) is 19.5. The molecule has 2 aromatic carbocycles. The summed E-state index contributed by atoms with van der Waals surface area (Å²) in [7, 11) is 0. The molecule has 9 nitrogen and oxygen atoms in total. The van der Waals surface area contributed by atoms with Gasteiger partial charge in [-0.15, -0.1) is 10.2 Å². The number of anilines is 2. The fourth-order valence-electron chi connectivity index (χ4n) is 2.38. The zero-order valence-electron chi connectivity index (χ0n) is 14.2. The van der Waals surface area contributed by atoms with Gasteiger partial charge in [0.1, 0.15) is 5.01 Å². The Kier molecular flexibility index (Phi) is 4.91. The molecule has 0 spiro atoms. The molecule has 4 rings (SSSR count). The van der Waals surface area contributed by atoms with Crippen LogP contribution in [0.4, 0.5) is 16.0 Å². The van der Waals surface area contributed by atoms with Crippen molar-refractivity contribution in [2.75, 3.05) is 17.2 Å². The monoisotopic (exact) mass is 412 g/mol. The van der Waals surface area contributed by atoms with E-state index in [4.69, 9.17) is 0 Å². The number of hydrogen-bond donors (Lipinski definition) is 2. The van der Waals surface area contributed by atoms with Crippen LogP contribution in [0.3, 0.4) is 0 Å². The minimum atomic E-state index is -0.464. The predicted molar refractivity (Wildman–Crippen MR) is 109 cm³/mol. The molecule has 2 heterocycles. The van der Waals surface area contributed by atoms with Crippen LogP contribution in [0.5, 0.6) is 0 Å². The Morgan fingerprint density at radius 3 is 2.57 bits per heavy atom. The Balaban J connectivity index is 1.36. The normalized spacial score (nSPS) is 10.7. The van der Waals surface area contributed by atoms with E-state index in [1.165, 1.54) is 34.8 Å². The third kappa shape index (κ3) is 3.94. The third-order valence-corrected chi connectivity index (χ3v) is 5.57. The van der Waals surface area contributed by atoms with Crippen molar-refractivity contribution in [1.82, 2.24) is 15.2 Å². The molecule has 0 aliphatic carbocycles. The summed E-state index contributed by atoms with van der Waals surface area (Å²) in [5.41, 5.74) is 1.58. The fraction of sp³-hybridized carbons (Fsp3) is 0.0588. The van der Waals surface area contributed by atoms with Gasteiger partial charge in [-0.1, -0.05) is 34.8 Å². The van der Waals surface area contributed by atoms with E-state index in [0.29, 0.717) is 20.8 Å². The van der Waals surface area contributed by atoms with Gasteiger partial charge in [0.25, 0.3) is 5.69 Å². The molecule has 0 saturated heterocycles. The maximum atomic E-state index is 12.1. The average Bonchev–Trinajstić information content (AvgIpc) is 3.33. The van der Waals surface area contributed by atoms with Gasteiger partial charge in [-0.05, 0) is 24.3 Å². The fourth-order valence-corrected chi connectivity index (χ4v) is 4.01. The summed E-state index contributed by atoms with van der Waals surface area (Å²) in [5.74, 6) is -0.273. The Labute approximate surface area is 166 Å². The quantitative estimate of drug-likeness (QED) is 0.365. The van der Waals surface area contributed by atoms with E-state index in [1.807, 2.05) is 24.3 Å². The van der Waals surface area contributed by atoms with Crippen molar-refractivity contribution in [3.8, 4) is 10.6 Å². The van der Waals surface area contributed by atoms with Crippen LogP contribution in [-0.4, -0.2) is 32.6 Å². The van der Waals surface area contributed by atoms with Crippen molar-refractivity contribution >= 4 is 54.7 Å². The highest BCUT2D eigenvalue weighted by molar-refractivity contribution is 7.22. The lowest BCUT2D eigenvalue weighted by Gasteiger charge is -2.01. The summed E-state index contributed by atoms with van der Waals surface area (Å²) in [4.78, 5) is 26.8. The van der Waals surface area contributed by atoms with Crippen molar-refractivity contribution in [3.05, 3.63) is 58.6 Å². The molecule has 11 heteroatoms. The first-order chi connectivity index (χ1) is 13.6. The second-order valence-electron chi connectivity index (χ2n) is 5.60. The number of carbonyl (C=O) groups excluding carboxylic acids is 1. The maximum absolute atomic E-state index is 12.1. The van der Waals surface area contributed by atoms with Gasteiger partial charge in [0, 0.05) is 17.7 Å². The van der Waals surface area contributed by atoms with E-state index < -0.39 is 4.92 Å². The van der Waals surface area contributed by atoms with Gasteiger partial charge in [0.05, 0.1) is 21.7 Å². The molecule has 0 atom stereocenters. The lowest BCUT2D eigenvalue weighted by atomic mass is 10.2. The van der Waals surface area contributed by atoms with Gasteiger partial charge in [-0.3, -0.25) is 20.2 Å². The smallest absolute Gasteiger partial charge is 0.269 e. The molecule has 2 N–H and O–H groups in total. The number of amides is 1. The number of fused-ring (bicyclic) bond motifs is 1. The van der Waals surface area contributed by atoms with Crippen molar-refractivity contribution in [3.63, 3.8) is 0 Å². The van der Waals surface area contributed by atoms with E-state index in [0.717, 1.165) is 10.2 Å². The number of nitrogens with one attached hydrogen (secondary N) is 2. The van der Waals surface area contributed by atoms with Crippen LogP contribution in [0, 0.1) is 10.1 Å².